The Morgan fingerprint density at radius 3 is 2.72 bits per heavy atom. The zero-order valence-corrected chi connectivity index (χ0v) is 11.2. The molecule has 1 aromatic rings. The molecule has 3 heteroatoms. The summed E-state index contributed by atoms with van der Waals surface area (Å²) in [5.74, 6) is -0.0687. The van der Waals surface area contributed by atoms with Gasteiger partial charge < -0.3 is 5.32 Å². The maximum absolute atomic E-state index is 13.8. The van der Waals surface area contributed by atoms with Crippen LogP contribution in [-0.2, 0) is 13.1 Å². The quantitative estimate of drug-likeness (QED) is 0.864. The molecule has 1 heterocycles. The maximum Gasteiger partial charge on any atom is 0.127 e. The number of nitrogens with one attached hydrogen (secondary N) is 1. The van der Waals surface area contributed by atoms with E-state index in [9.17, 15) is 4.39 Å². The summed E-state index contributed by atoms with van der Waals surface area (Å²) < 4.78 is 13.8. The molecular formula is C15H23FN2. The van der Waals surface area contributed by atoms with Gasteiger partial charge in [-0.05, 0) is 44.1 Å². The second kappa shape index (κ2) is 6.86. The molecule has 2 nitrogen and oxygen atoms in total. The van der Waals surface area contributed by atoms with Crippen molar-refractivity contribution in [2.75, 3.05) is 19.6 Å². The highest BCUT2D eigenvalue weighted by Crippen LogP contribution is 2.16. The van der Waals surface area contributed by atoms with Crippen molar-refractivity contribution < 1.29 is 4.39 Å². The van der Waals surface area contributed by atoms with Gasteiger partial charge in [0, 0.05) is 18.7 Å². The summed E-state index contributed by atoms with van der Waals surface area (Å²) in [7, 11) is 0. The lowest BCUT2D eigenvalue weighted by atomic mass is 10.1. The highest BCUT2D eigenvalue weighted by molar-refractivity contribution is 5.25. The monoisotopic (exact) mass is 250 g/mol. The van der Waals surface area contributed by atoms with Gasteiger partial charge in [-0.15, -0.1) is 0 Å². The van der Waals surface area contributed by atoms with Gasteiger partial charge in [0.15, 0.2) is 0 Å². The summed E-state index contributed by atoms with van der Waals surface area (Å²) in [5, 5.41) is 3.28. The van der Waals surface area contributed by atoms with Crippen molar-refractivity contribution >= 4 is 0 Å². The van der Waals surface area contributed by atoms with Gasteiger partial charge in [0.1, 0.15) is 5.82 Å². The second-order valence-electron chi connectivity index (χ2n) is 5.04. The van der Waals surface area contributed by atoms with Crippen LogP contribution >= 0.6 is 0 Å². The second-order valence-corrected chi connectivity index (χ2v) is 5.04. The zero-order chi connectivity index (χ0) is 12.8. The molecule has 0 unspecified atom stereocenters. The van der Waals surface area contributed by atoms with Gasteiger partial charge in [-0.2, -0.15) is 0 Å². The van der Waals surface area contributed by atoms with Crippen molar-refractivity contribution in [1.29, 1.82) is 0 Å². The summed E-state index contributed by atoms with van der Waals surface area (Å²) in [6.07, 6.45) is 3.82. The van der Waals surface area contributed by atoms with Crippen molar-refractivity contribution in [2.24, 2.45) is 0 Å². The molecule has 1 aliphatic rings. The van der Waals surface area contributed by atoms with E-state index in [1.54, 1.807) is 6.07 Å². The summed E-state index contributed by atoms with van der Waals surface area (Å²) in [6.45, 7) is 6.82. The Labute approximate surface area is 109 Å². The van der Waals surface area contributed by atoms with Crippen LogP contribution in [0, 0.1) is 5.82 Å². The Hall–Kier alpha value is -0.930. The van der Waals surface area contributed by atoms with E-state index in [0.29, 0.717) is 0 Å². The normalized spacial score (nSPS) is 17.0. The van der Waals surface area contributed by atoms with Crippen LogP contribution in [0.3, 0.4) is 0 Å². The molecule has 1 N–H and O–H groups in total. The lowest BCUT2D eigenvalue weighted by molar-refractivity contribution is 0.218. The summed E-state index contributed by atoms with van der Waals surface area (Å²) >= 11 is 0. The standard InChI is InChI=1S/C15H23FN2/c1-2-17-11-13-6-7-15(16)14(10-13)12-18-8-4-3-5-9-18/h6-7,10,17H,2-5,8-9,11-12H2,1H3. The molecule has 1 fully saturated rings. The molecule has 0 bridgehead atoms. The van der Waals surface area contributed by atoms with E-state index < -0.39 is 0 Å². The van der Waals surface area contributed by atoms with Crippen molar-refractivity contribution in [3.8, 4) is 0 Å². The fourth-order valence-electron chi connectivity index (χ4n) is 2.49. The van der Waals surface area contributed by atoms with Gasteiger partial charge in [0.05, 0.1) is 0 Å². The van der Waals surface area contributed by atoms with Crippen LogP contribution in [0.25, 0.3) is 0 Å². The first-order valence-corrected chi connectivity index (χ1v) is 7.00. The van der Waals surface area contributed by atoms with E-state index in [-0.39, 0.29) is 5.82 Å². The Bertz CT molecular complexity index is 373. The van der Waals surface area contributed by atoms with Crippen LogP contribution in [-0.4, -0.2) is 24.5 Å². The average molecular weight is 250 g/mol. The first kappa shape index (κ1) is 13.5. The van der Waals surface area contributed by atoms with Gasteiger partial charge >= 0.3 is 0 Å². The molecule has 0 aliphatic carbocycles. The first-order valence-electron chi connectivity index (χ1n) is 7.00. The number of nitrogens with zero attached hydrogens (tertiary/aromatic N) is 1. The van der Waals surface area contributed by atoms with Gasteiger partial charge in [0.25, 0.3) is 0 Å². The van der Waals surface area contributed by atoms with Crippen molar-refractivity contribution in [3.05, 3.63) is 35.1 Å². The third kappa shape index (κ3) is 3.79. The molecule has 0 radical (unpaired) electrons. The molecule has 18 heavy (non-hydrogen) atoms. The van der Waals surface area contributed by atoms with Gasteiger partial charge in [-0.25, -0.2) is 4.39 Å². The average Bonchev–Trinajstić information content (AvgIpc) is 2.41. The van der Waals surface area contributed by atoms with Crippen LogP contribution in [0.4, 0.5) is 4.39 Å². The largest absolute Gasteiger partial charge is 0.313 e. The molecule has 0 spiro atoms. The molecule has 1 aliphatic heterocycles. The topological polar surface area (TPSA) is 15.3 Å². The fraction of sp³-hybridized carbons (Fsp3) is 0.600. The smallest absolute Gasteiger partial charge is 0.127 e. The lowest BCUT2D eigenvalue weighted by Crippen LogP contribution is -2.29. The third-order valence-electron chi connectivity index (χ3n) is 3.53. The molecule has 1 saturated heterocycles. The van der Waals surface area contributed by atoms with Crippen LogP contribution in [0.1, 0.15) is 37.3 Å². The highest BCUT2D eigenvalue weighted by atomic mass is 19.1. The minimum Gasteiger partial charge on any atom is -0.313 e. The van der Waals surface area contributed by atoms with Gasteiger partial charge in [0.2, 0.25) is 0 Å². The number of benzene rings is 1. The Morgan fingerprint density at radius 2 is 2.00 bits per heavy atom. The summed E-state index contributed by atoms with van der Waals surface area (Å²) in [4.78, 5) is 2.36. The Balaban J connectivity index is 2.00. The number of hydrogen-bond donors (Lipinski definition) is 1. The predicted molar refractivity (Wildman–Crippen MR) is 72.9 cm³/mol. The van der Waals surface area contributed by atoms with Crippen LogP contribution < -0.4 is 5.32 Å². The van der Waals surface area contributed by atoms with E-state index in [1.165, 1.54) is 24.8 Å². The fourth-order valence-corrected chi connectivity index (χ4v) is 2.49. The van der Waals surface area contributed by atoms with E-state index in [4.69, 9.17) is 0 Å². The molecule has 0 saturated carbocycles. The van der Waals surface area contributed by atoms with E-state index in [0.717, 1.165) is 38.3 Å². The minimum atomic E-state index is -0.0687. The summed E-state index contributed by atoms with van der Waals surface area (Å²) in [5.41, 5.74) is 2.01. The predicted octanol–water partition coefficient (Wildman–Crippen LogP) is 2.92. The highest BCUT2D eigenvalue weighted by Gasteiger charge is 2.13. The number of rotatable bonds is 5. The third-order valence-corrected chi connectivity index (χ3v) is 3.53. The minimum absolute atomic E-state index is 0.0687. The Morgan fingerprint density at radius 1 is 1.22 bits per heavy atom. The molecule has 100 valence electrons. The van der Waals surface area contributed by atoms with Crippen LogP contribution in [0.15, 0.2) is 18.2 Å². The molecule has 0 aromatic heterocycles. The summed E-state index contributed by atoms with van der Waals surface area (Å²) in [6, 6.07) is 5.48. The number of hydrogen-bond acceptors (Lipinski definition) is 2. The molecule has 1 aromatic carbocycles. The van der Waals surface area contributed by atoms with E-state index in [1.807, 2.05) is 12.1 Å². The van der Waals surface area contributed by atoms with Crippen LogP contribution in [0.2, 0.25) is 0 Å². The lowest BCUT2D eigenvalue weighted by Gasteiger charge is -2.26. The molecule has 0 amide bonds. The maximum atomic E-state index is 13.8. The Kier molecular flexibility index (Phi) is 5.14. The van der Waals surface area contributed by atoms with Crippen molar-refractivity contribution in [2.45, 2.75) is 39.3 Å². The number of likely N-dealkylation sites (tertiary alicyclic amines) is 1. The zero-order valence-electron chi connectivity index (χ0n) is 11.2. The van der Waals surface area contributed by atoms with Crippen molar-refractivity contribution in [3.63, 3.8) is 0 Å². The van der Waals surface area contributed by atoms with E-state index >= 15 is 0 Å². The van der Waals surface area contributed by atoms with Crippen LogP contribution in [0.5, 0.6) is 0 Å². The number of halogens is 1. The SMILES string of the molecule is CCNCc1ccc(F)c(CN2CCCCC2)c1. The molecule has 0 atom stereocenters. The number of piperidine rings is 1. The molecular weight excluding hydrogens is 227 g/mol. The molecule has 2 rings (SSSR count). The van der Waals surface area contributed by atoms with Gasteiger partial charge in [-0.1, -0.05) is 25.5 Å². The van der Waals surface area contributed by atoms with Crippen molar-refractivity contribution in [1.82, 2.24) is 10.2 Å². The first-order chi connectivity index (χ1) is 8.79. The van der Waals surface area contributed by atoms with E-state index in [2.05, 4.69) is 17.1 Å². The van der Waals surface area contributed by atoms with Gasteiger partial charge in [-0.3, -0.25) is 4.90 Å².